The van der Waals surface area contributed by atoms with Gasteiger partial charge in [-0.05, 0) is 51.4 Å². The van der Waals surface area contributed by atoms with Crippen LogP contribution in [0.2, 0.25) is 0 Å². The highest BCUT2D eigenvalue weighted by molar-refractivity contribution is 5.76. The minimum absolute atomic E-state index is 0.0586. The van der Waals surface area contributed by atoms with Crippen LogP contribution < -0.4 is 5.32 Å². The average molecular weight is 955 g/mol. The number of unbranched alkanes of at least 4 members (excludes halogenated alkanes) is 47. The van der Waals surface area contributed by atoms with Crippen molar-refractivity contribution in [2.45, 2.75) is 360 Å². The quantitative estimate of drug-likeness (QED) is 0.0420. The smallest absolute Gasteiger partial charge is 0.220 e. The lowest BCUT2D eigenvalue weighted by molar-refractivity contribution is -0.123. The molecule has 0 aliphatic carbocycles. The molecule has 68 heavy (non-hydrogen) atoms. The predicted molar refractivity (Wildman–Crippen MR) is 304 cm³/mol. The Labute approximate surface area is 427 Å². The molecule has 0 saturated carbocycles. The van der Waals surface area contributed by atoms with E-state index in [1.165, 1.54) is 295 Å². The molecule has 0 rings (SSSR count). The first-order valence-corrected chi connectivity index (χ1v) is 31.2. The second-order valence-electron chi connectivity index (χ2n) is 21.5. The molecular weight excluding hydrogens is 831 g/mol. The van der Waals surface area contributed by atoms with Crippen LogP contribution in [-0.4, -0.2) is 34.9 Å². The number of carbonyl (C=O) groups is 1. The summed E-state index contributed by atoms with van der Waals surface area (Å²) in [6.45, 7) is 4.34. The van der Waals surface area contributed by atoms with Gasteiger partial charge in [-0.1, -0.05) is 326 Å². The summed E-state index contributed by atoms with van der Waals surface area (Å²) >= 11 is 0. The molecule has 0 bridgehead atoms. The van der Waals surface area contributed by atoms with Crippen LogP contribution in [0.25, 0.3) is 0 Å². The van der Waals surface area contributed by atoms with Gasteiger partial charge in [0, 0.05) is 6.42 Å². The normalized spacial score (nSPS) is 12.9. The van der Waals surface area contributed by atoms with Gasteiger partial charge < -0.3 is 15.5 Å². The average Bonchev–Trinajstić information content (AvgIpc) is 3.34. The molecule has 0 heterocycles. The molecule has 0 saturated heterocycles. The molecule has 3 N–H and O–H groups in total. The first-order chi connectivity index (χ1) is 33.7. The van der Waals surface area contributed by atoms with Crippen LogP contribution in [0, 0.1) is 0 Å². The van der Waals surface area contributed by atoms with Crippen LogP contribution in [0.5, 0.6) is 0 Å². The molecule has 0 radical (unpaired) electrons. The summed E-state index contributed by atoms with van der Waals surface area (Å²) in [5.74, 6) is -0.0586. The summed E-state index contributed by atoms with van der Waals surface area (Å²) in [6.07, 6.45) is 81.9. The number of carbonyl (C=O) groups excluding carboxylic acids is 1. The highest BCUT2D eigenvalue weighted by Crippen LogP contribution is 2.18. The highest BCUT2D eigenvalue weighted by atomic mass is 16.3. The van der Waals surface area contributed by atoms with Crippen LogP contribution in [0.4, 0.5) is 0 Å². The molecule has 0 aromatic carbocycles. The van der Waals surface area contributed by atoms with Crippen molar-refractivity contribution >= 4 is 5.91 Å². The summed E-state index contributed by atoms with van der Waals surface area (Å²) in [4.78, 5) is 12.5. The maximum absolute atomic E-state index is 12.5. The van der Waals surface area contributed by atoms with Crippen molar-refractivity contribution in [3.05, 3.63) is 36.5 Å². The number of hydrogen-bond acceptors (Lipinski definition) is 3. The number of rotatable bonds is 58. The SMILES string of the molecule is CCCCCCC/C=C\C/C=C\CCCCCCCCCCCCCCCCCC(=O)NC(CO)C(O)/C=C/CCCCCCCCCCCCCCCCCCCCCCCCCCCCC. The largest absolute Gasteiger partial charge is 0.394 e. The lowest BCUT2D eigenvalue weighted by Gasteiger charge is -2.20. The number of nitrogens with one attached hydrogen (secondary N) is 1. The molecule has 0 aliphatic rings. The first kappa shape index (κ1) is 66.6. The minimum Gasteiger partial charge on any atom is -0.394 e. The van der Waals surface area contributed by atoms with Crippen molar-refractivity contribution in [3.63, 3.8) is 0 Å². The van der Waals surface area contributed by atoms with Crippen molar-refractivity contribution in [1.29, 1.82) is 0 Å². The van der Waals surface area contributed by atoms with Gasteiger partial charge in [-0.3, -0.25) is 4.79 Å². The summed E-state index contributed by atoms with van der Waals surface area (Å²) in [7, 11) is 0. The maximum Gasteiger partial charge on any atom is 0.220 e. The lowest BCUT2D eigenvalue weighted by Crippen LogP contribution is -2.45. The number of allylic oxidation sites excluding steroid dienone is 5. The van der Waals surface area contributed by atoms with E-state index in [-0.39, 0.29) is 12.5 Å². The molecule has 0 fully saturated rings. The van der Waals surface area contributed by atoms with Gasteiger partial charge in [0.05, 0.1) is 18.8 Å². The highest BCUT2D eigenvalue weighted by Gasteiger charge is 2.18. The van der Waals surface area contributed by atoms with Crippen LogP contribution in [0.15, 0.2) is 36.5 Å². The van der Waals surface area contributed by atoms with E-state index < -0.39 is 12.1 Å². The maximum atomic E-state index is 12.5. The fraction of sp³-hybridized carbons (Fsp3) is 0.891. The van der Waals surface area contributed by atoms with E-state index in [4.69, 9.17) is 0 Å². The fourth-order valence-corrected chi connectivity index (χ4v) is 9.86. The summed E-state index contributed by atoms with van der Waals surface area (Å²) in [6, 6.07) is -0.623. The van der Waals surface area contributed by atoms with E-state index >= 15 is 0 Å². The summed E-state index contributed by atoms with van der Waals surface area (Å²) < 4.78 is 0. The number of hydrogen-bond donors (Lipinski definition) is 3. The van der Waals surface area contributed by atoms with E-state index in [9.17, 15) is 15.0 Å². The monoisotopic (exact) mass is 954 g/mol. The third-order valence-electron chi connectivity index (χ3n) is 14.6. The third kappa shape index (κ3) is 55.5. The van der Waals surface area contributed by atoms with E-state index in [1.807, 2.05) is 6.08 Å². The molecule has 0 spiro atoms. The molecule has 0 aromatic rings. The van der Waals surface area contributed by atoms with Gasteiger partial charge in [0.25, 0.3) is 0 Å². The fourth-order valence-electron chi connectivity index (χ4n) is 9.86. The van der Waals surface area contributed by atoms with Crippen molar-refractivity contribution < 1.29 is 15.0 Å². The van der Waals surface area contributed by atoms with Gasteiger partial charge in [0.15, 0.2) is 0 Å². The standard InChI is InChI=1S/C64H123NO3/c1-3-5-7-9-11-13-15-17-19-21-23-25-27-29-31-32-34-35-37-39-41-43-45-47-49-51-53-55-57-59-63(67)62(61-66)65-64(68)60-58-56-54-52-50-48-46-44-42-40-38-36-33-30-28-26-24-22-20-18-16-14-12-10-8-6-4-2/h16,18,22,24,57,59,62-63,66-67H,3-15,17,19-21,23,25-56,58,60-61H2,1-2H3,(H,65,68)/b18-16-,24-22-,59-57+. The molecule has 2 unspecified atom stereocenters. The second-order valence-corrected chi connectivity index (χ2v) is 21.5. The summed E-state index contributed by atoms with van der Waals surface area (Å²) in [5.41, 5.74) is 0. The molecule has 2 atom stereocenters. The zero-order chi connectivity index (χ0) is 49.2. The van der Waals surface area contributed by atoms with Crippen molar-refractivity contribution in [2.75, 3.05) is 6.61 Å². The molecule has 0 aromatic heterocycles. The molecule has 4 nitrogen and oxygen atoms in total. The topological polar surface area (TPSA) is 69.6 Å². The Balaban J connectivity index is 3.45. The Morgan fingerprint density at radius 3 is 0.882 bits per heavy atom. The van der Waals surface area contributed by atoms with Crippen LogP contribution in [0.1, 0.15) is 348 Å². The number of aliphatic hydroxyl groups is 2. The molecule has 402 valence electrons. The molecule has 1 amide bonds. The van der Waals surface area contributed by atoms with Crippen LogP contribution >= 0.6 is 0 Å². The van der Waals surface area contributed by atoms with E-state index in [0.717, 1.165) is 32.1 Å². The Hall–Kier alpha value is -1.39. The molecule has 4 heteroatoms. The lowest BCUT2D eigenvalue weighted by atomic mass is 10.0. The number of amides is 1. The third-order valence-corrected chi connectivity index (χ3v) is 14.6. The van der Waals surface area contributed by atoms with Gasteiger partial charge in [-0.25, -0.2) is 0 Å². The van der Waals surface area contributed by atoms with Crippen molar-refractivity contribution in [1.82, 2.24) is 5.32 Å². The first-order valence-electron chi connectivity index (χ1n) is 31.2. The zero-order valence-corrected chi connectivity index (χ0v) is 46.4. The second kappa shape index (κ2) is 59.9. The van der Waals surface area contributed by atoms with Gasteiger partial charge in [0.2, 0.25) is 5.91 Å². The van der Waals surface area contributed by atoms with Gasteiger partial charge in [-0.15, -0.1) is 0 Å². The Morgan fingerprint density at radius 1 is 0.353 bits per heavy atom. The van der Waals surface area contributed by atoms with Crippen molar-refractivity contribution in [2.24, 2.45) is 0 Å². The van der Waals surface area contributed by atoms with E-state index in [0.29, 0.717) is 6.42 Å². The van der Waals surface area contributed by atoms with Gasteiger partial charge >= 0.3 is 0 Å². The Bertz CT molecular complexity index is 1040. The van der Waals surface area contributed by atoms with E-state index in [1.54, 1.807) is 6.08 Å². The van der Waals surface area contributed by atoms with E-state index in [2.05, 4.69) is 43.5 Å². The van der Waals surface area contributed by atoms with Gasteiger partial charge in [0.1, 0.15) is 0 Å². The number of aliphatic hydroxyl groups excluding tert-OH is 2. The molecular formula is C64H123NO3. The minimum atomic E-state index is -0.840. The van der Waals surface area contributed by atoms with Gasteiger partial charge in [-0.2, -0.15) is 0 Å². The summed E-state index contributed by atoms with van der Waals surface area (Å²) in [5, 5.41) is 23.2. The zero-order valence-electron chi connectivity index (χ0n) is 46.4. The predicted octanol–water partition coefficient (Wildman–Crippen LogP) is 20.8. The van der Waals surface area contributed by atoms with Crippen molar-refractivity contribution in [3.8, 4) is 0 Å². The van der Waals surface area contributed by atoms with Crippen LogP contribution in [0.3, 0.4) is 0 Å². The Kier molecular flexibility index (Phi) is 58.7. The Morgan fingerprint density at radius 2 is 0.603 bits per heavy atom. The van der Waals surface area contributed by atoms with Crippen LogP contribution in [-0.2, 0) is 4.79 Å². The molecule has 0 aliphatic heterocycles.